The Morgan fingerprint density at radius 1 is 1.00 bits per heavy atom. The first-order valence-corrected chi connectivity index (χ1v) is 4.70. The first-order chi connectivity index (χ1) is 5.83. The Morgan fingerprint density at radius 3 is 1.54 bits per heavy atom. The molecule has 0 aromatic heterocycles. The Hall–Kier alpha value is -0.160. The molecule has 78 valence electrons. The average molecular weight is 188 g/mol. The van der Waals surface area contributed by atoms with Gasteiger partial charge in [-0.1, -0.05) is 0 Å². The van der Waals surface area contributed by atoms with Gasteiger partial charge >= 0.3 is 0 Å². The minimum absolute atomic E-state index is 0.0576. The lowest BCUT2D eigenvalue weighted by Gasteiger charge is -2.22. The third-order valence-electron chi connectivity index (χ3n) is 2.20. The predicted molar refractivity (Wildman–Crippen MR) is 51.1 cm³/mol. The molecule has 0 radical (unpaired) electrons. The minimum Gasteiger partial charge on any atom is -0.343 e. The van der Waals surface area contributed by atoms with E-state index < -0.39 is 5.79 Å². The molecule has 1 fully saturated rings. The van der Waals surface area contributed by atoms with Crippen LogP contribution in [0.25, 0.3) is 0 Å². The lowest BCUT2D eigenvalue weighted by molar-refractivity contribution is -0.148. The van der Waals surface area contributed by atoms with E-state index in [4.69, 9.17) is 20.9 Å². The topological polar surface area (TPSA) is 70.5 Å². The molecule has 13 heavy (non-hydrogen) atoms. The normalized spacial score (nSPS) is 37.4. The zero-order valence-electron chi connectivity index (χ0n) is 8.78. The van der Waals surface area contributed by atoms with Crippen LogP contribution in [-0.4, -0.2) is 30.1 Å². The van der Waals surface area contributed by atoms with E-state index in [1.165, 1.54) is 0 Å². The van der Waals surface area contributed by atoms with Crippen LogP contribution in [0.3, 0.4) is 0 Å². The van der Waals surface area contributed by atoms with Crippen molar-refractivity contribution in [1.82, 2.24) is 0 Å². The smallest absolute Gasteiger partial charge is 0.163 e. The largest absolute Gasteiger partial charge is 0.343 e. The van der Waals surface area contributed by atoms with Gasteiger partial charge in [0.1, 0.15) is 12.2 Å². The molecule has 0 saturated carbocycles. The van der Waals surface area contributed by atoms with Crippen LogP contribution >= 0.6 is 0 Å². The summed E-state index contributed by atoms with van der Waals surface area (Å²) in [5, 5.41) is 0. The highest BCUT2D eigenvalue weighted by molar-refractivity contribution is 4.90. The molecule has 0 unspecified atom stereocenters. The zero-order chi connectivity index (χ0) is 10.2. The highest BCUT2D eigenvalue weighted by Crippen LogP contribution is 2.30. The van der Waals surface area contributed by atoms with Crippen LogP contribution in [-0.2, 0) is 9.47 Å². The maximum atomic E-state index is 5.79. The summed E-state index contributed by atoms with van der Waals surface area (Å²) >= 11 is 0. The van der Waals surface area contributed by atoms with E-state index in [-0.39, 0.29) is 24.3 Å². The second kappa shape index (κ2) is 3.53. The molecule has 0 aromatic rings. The lowest BCUT2D eigenvalue weighted by atomic mass is 10.0. The van der Waals surface area contributed by atoms with Crippen molar-refractivity contribution >= 4 is 0 Å². The Balaban J connectivity index is 2.71. The van der Waals surface area contributed by atoms with Crippen molar-refractivity contribution in [3.05, 3.63) is 0 Å². The molecule has 1 aliphatic rings. The summed E-state index contributed by atoms with van der Waals surface area (Å²) in [5.74, 6) is -0.559. The monoisotopic (exact) mass is 188 g/mol. The quantitative estimate of drug-likeness (QED) is 0.649. The summed E-state index contributed by atoms with van der Waals surface area (Å²) in [7, 11) is 0. The Labute approximate surface area is 79.6 Å². The molecule has 0 bridgehead atoms. The Bertz CT molecular complexity index is 162. The van der Waals surface area contributed by atoms with Gasteiger partial charge in [-0.3, -0.25) is 0 Å². The SMILES string of the molecule is C[C@H](N)[C@@H]1OC(C)(C)O[C@H]1[C@H](C)N. The van der Waals surface area contributed by atoms with Crippen molar-refractivity contribution in [1.29, 1.82) is 0 Å². The molecule has 4 heteroatoms. The molecular weight excluding hydrogens is 168 g/mol. The fourth-order valence-corrected chi connectivity index (χ4v) is 1.63. The van der Waals surface area contributed by atoms with Crippen molar-refractivity contribution in [2.45, 2.75) is 57.8 Å². The van der Waals surface area contributed by atoms with E-state index in [0.29, 0.717) is 0 Å². The molecule has 1 aliphatic heterocycles. The molecule has 1 rings (SSSR count). The van der Waals surface area contributed by atoms with Crippen LogP contribution in [0.4, 0.5) is 0 Å². The van der Waals surface area contributed by atoms with Crippen molar-refractivity contribution in [3.63, 3.8) is 0 Å². The second-order valence-corrected chi connectivity index (χ2v) is 4.28. The maximum absolute atomic E-state index is 5.79. The van der Waals surface area contributed by atoms with E-state index in [2.05, 4.69) is 0 Å². The van der Waals surface area contributed by atoms with Crippen LogP contribution in [0.2, 0.25) is 0 Å². The highest BCUT2D eigenvalue weighted by atomic mass is 16.8. The number of ether oxygens (including phenoxy) is 2. The summed E-state index contributed by atoms with van der Waals surface area (Å²) in [4.78, 5) is 0. The van der Waals surface area contributed by atoms with Crippen LogP contribution in [0.5, 0.6) is 0 Å². The lowest BCUT2D eigenvalue weighted by Crippen LogP contribution is -2.46. The number of hydrogen-bond donors (Lipinski definition) is 2. The standard InChI is InChI=1S/C9H20N2O2/c1-5(10)7-8(6(2)11)13-9(3,4)12-7/h5-8H,10-11H2,1-4H3/t5-,6-,7-,8-/m0/s1. The van der Waals surface area contributed by atoms with Crippen molar-refractivity contribution < 1.29 is 9.47 Å². The average Bonchev–Trinajstić information content (AvgIpc) is 2.26. The van der Waals surface area contributed by atoms with Crippen molar-refractivity contribution in [2.24, 2.45) is 11.5 Å². The first-order valence-electron chi connectivity index (χ1n) is 4.70. The van der Waals surface area contributed by atoms with Gasteiger partial charge in [-0.15, -0.1) is 0 Å². The molecule has 0 spiro atoms. The molecule has 4 atom stereocenters. The van der Waals surface area contributed by atoms with Gasteiger partial charge in [0.2, 0.25) is 0 Å². The predicted octanol–water partition coefficient (Wildman–Crippen LogP) is 0.201. The van der Waals surface area contributed by atoms with Gasteiger partial charge in [-0.25, -0.2) is 0 Å². The first kappa shape index (κ1) is 10.9. The fraction of sp³-hybridized carbons (Fsp3) is 1.00. The third kappa shape index (κ3) is 2.40. The molecule has 1 saturated heterocycles. The van der Waals surface area contributed by atoms with Gasteiger partial charge < -0.3 is 20.9 Å². The van der Waals surface area contributed by atoms with E-state index >= 15 is 0 Å². The summed E-state index contributed by atoms with van der Waals surface area (Å²) in [5.41, 5.74) is 11.6. The second-order valence-electron chi connectivity index (χ2n) is 4.28. The fourth-order valence-electron chi connectivity index (χ4n) is 1.63. The van der Waals surface area contributed by atoms with Crippen molar-refractivity contribution in [3.8, 4) is 0 Å². The van der Waals surface area contributed by atoms with Gasteiger partial charge in [0.05, 0.1) is 0 Å². The van der Waals surface area contributed by atoms with E-state index in [1.54, 1.807) is 0 Å². The molecule has 0 amide bonds. The van der Waals surface area contributed by atoms with E-state index in [9.17, 15) is 0 Å². The number of nitrogens with two attached hydrogens (primary N) is 2. The zero-order valence-corrected chi connectivity index (χ0v) is 8.78. The Morgan fingerprint density at radius 2 is 1.31 bits per heavy atom. The summed E-state index contributed by atoms with van der Waals surface area (Å²) in [6, 6.07) is -0.115. The molecular formula is C9H20N2O2. The molecule has 4 N–H and O–H groups in total. The highest BCUT2D eigenvalue weighted by Gasteiger charge is 2.44. The summed E-state index contributed by atoms with van der Waals surface area (Å²) < 4.78 is 11.3. The minimum atomic E-state index is -0.559. The molecule has 0 aromatic carbocycles. The maximum Gasteiger partial charge on any atom is 0.163 e. The van der Waals surface area contributed by atoms with Crippen LogP contribution in [0, 0.1) is 0 Å². The van der Waals surface area contributed by atoms with Crippen LogP contribution < -0.4 is 11.5 Å². The van der Waals surface area contributed by atoms with E-state index in [1.807, 2.05) is 27.7 Å². The van der Waals surface area contributed by atoms with Gasteiger partial charge in [-0.2, -0.15) is 0 Å². The molecule has 1 heterocycles. The van der Waals surface area contributed by atoms with Gasteiger partial charge in [0.25, 0.3) is 0 Å². The van der Waals surface area contributed by atoms with Crippen LogP contribution in [0.15, 0.2) is 0 Å². The summed E-state index contributed by atoms with van der Waals surface area (Å²) in [6.07, 6.45) is -0.204. The Kier molecular flexibility index (Phi) is 2.97. The van der Waals surface area contributed by atoms with Gasteiger partial charge in [-0.05, 0) is 27.7 Å². The van der Waals surface area contributed by atoms with Gasteiger partial charge in [0.15, 0.2) is 5.79 Å². The van der Waals surface area contributed by atoms with Gasteiger partial charge in [0, 0.05) is 12.1 Å². The summed E-state index contributed by atoms with van der Waals surface area (Å²) in [6.45, 7) is 7.57. The third-order valence-corrected chi connectivity index (χ3v) is 2.20. The number of rotatable bonds is 2. The van der Waals surface area contributed by atoms with Crippen molar-refractivity contribution in [2.75, 3.05) is 0 Å². The van der Waals surface area contributed by atoms with Crippen LogP contribution in [0.1, 0.15) is 27.7 Å². The molecule has 4 nitrogen and oxygen atoms in total. The van der Waals surface area contributed by atoms with E-state index in [0.717, 1.165) is 0 Å². The number of hydrogen-bond acceptors (Lipinski definition) is 4. The molecule has 0 aliphatic carbocycles.